The summed E-state index contributed by atoms with van der Waals surface area (Å²) in [7, 11) is -3.00. The maximum absolute atomic E-state index is 11.5. The minimum absolute atomic E-state index is 0.0421. The Morgan fingerprint density at radius 3 is 2.78 bits per heavy atom. The highest BCUT2D eigenvalue weighted by atomic mass is 32.2. The molecule has 1 N–H and O–H groups in total. The van der Waals surface area contributed by atoms with Crippen molar-refractivity contribution in [3.8, 4) is 6.07 Å². The van der Waals surface area contributed by atoms with E-state index >= 15 is 0 Å². The molecule has 1 fully saturated rings. The Morgan fingerprint density at radius 1 is 1.50 bits per heavy atom. The molecule has 2 rings (SSSR count). The van der Waals surface area contributed by atoms with E-state index in [0.717, 1.165) is 0 Å². The summed E-state index contributed by atoms with van der Waals surface area (Å²) in [5.41, 5.74) is -1.50. The Kier molecular flexibility index (Phi) is 3.09. The normalized spacial score (nSPS) is 21.6. The van der Waals surface area contributed by atoms with Crippen molar-refractivity contribution in [3.63, 3.8) is 0 Å². The van der Waals surface area contributed by atoms with E-state index in [1.807, 2.05) is 4.98 Å². The van der Waals surface area contributed by atoms with Crippen molar-refractivity contribution in [2.45, 2.75) is 13.0 Å². The van der Waals surface area contributed by atoms with E-state index in [-0.39, 0.29) is 29.5 Å². The van der Waals surface area contributed by atoms with Crippen molar-refractivity contribution in [1.29, 1.82) is 5.26 Å². The zero-order valence-corrected chi connectivity index (χ0v) is 10.2. The third-order valence-electron chi connectivity index (χ3n) is 2.91. The van der Waals surface area contributed by atoms with Crippen molar-refractivity contribution in [1.82, 2.24) is 9.55 Å². The third kappa shape index (κ3) is 2.51. The summed E-state index contributed by atoms with van der Waals surface area (Å²) < 4.78 is 23.8. The third-order valence-corrected chi connectivity index (χ3v) is 4.75. The van der Waals surface area contributed by atoms with Crippen molar-refractivity contribution in [2.75, 3.05) is 11.5 Å². The van der Waals surface area contributed by atoms with E-state index < -0.39 is 21.1 Å². The highest BCUT2D eigenvalue weighted by molar-refractivity contribution is 7.91. The first-order valence-electron chi connectivity index (χ1n) is 5.35. The molecule has 0 aromatic carbocycles. The van der Waals surface area contributed by atoms with E-state index in [9.17, 15) is 18.0 Å². The Balaban J connectivity index is 2.29. The molecule has 0 saturated carbocycles. The van der Waals surface area contributed by atoms with Crippen LogP contribution < -0.4 is 11.2 Å². The van der Waals surface area contributed by atoms with Gasteiger partial charge in [0, 0.05) is 12.7 Å². The van der Waals surface area contributed by atoms with Gasteiger partial charge in [-0.1, -0.05) is 0 Å². The van der Waals surface area contributed by atoms with Crippen molar-refractivity contribution in [2.24, 2.45) is 5.92 Å². The minimum atomic E-state index is -3.00. The standard InChI is InChI=1S/C10H11N3O4S/c11-3-8-5-13(10(15)12-9(8)14)4-7-1-2-18(16,17)6-7/h5,7H,1-2,4,6H2,(H,12,14,15)/t7-/m0/s1. The molecule has 7 nitrogen and oxygen atoms in total. The molecule has 0 amide bonds. The summed E-state index contributed by atoms with van der Waals surface area (Å²) in [5.74, 6) is 0.0200. The Hall–Kier alpha value is -1.88. The van der Waals surface area contributed by atoms with Crippen LogP contribution in [0.15, 0.2) is 15.8 Å². The molecule has 2 heterocycles. The number of rotatable bonds is 2. The summed E-state index contributed by atoms with van der Waals surface area (Å²) in [4.78, 5) is 24.7. The molecule has 0 spiro atoms. The lowest BCUT2D eigenvalue weighted by Gasteiger charge is -2.09. The van der Waals surface area contributed by atoms with Crippen LogP contribution in [0.2, 0.25) is 0 Å². The van der Waals surface area contributed by atoms with Crippen molar-refractivity contribution in [3.05, 3.63) is 32.6 Å². The molecule has 1 atom stereocenters. The smallest absolute Gasteiger partial charge is 0.299 e. The topological polar surface area (TPSA) is 113 Å². The highest BCUT2D eigenvalue weighted by Crippen LogP contribution is 2.19. The monoisotopic (exact) mass is 269 g/mol. The second-order valence-electron chi connectivity index (χ2n) is 4.34. The molecule has 1 aromatic heterocycles. The van der Waals surface area contributed by atoms with Gasteiger partial charge in [0.25, 0.3) is 5.56 Å². The average Bonchev–Trinajstić information content (AvgIpc) is 2.62. The number of hydrogen-bond donors (Lipinski definition) is 1. The van der Waals surface area contributed by atoms with E-state index in [4.69, 9.17) is 5.26 Å². The number of nitrogens with zero attached hydrogens (tertiary/aromatic N) is 2. The van der Waals surface area contributed by atoms with Crippen LogP contribution in [-0.2, 0) is 16.4 Å². The van der Waals surface area contributed by atoms with Gasteiger partial charge in [-0.15, -0.1) is 0 Å². The van der Waals surface area contributed by atoms with E-state index in [0.29, 0.717) is 6.42 Å². The molecule has 96 valence electrons. The fraction of sp³-hybridized carbons (Fsp3) is 0.500. The lowest BCUT2D eigenvalue weighted by Crippen LogP contribution is -2.33. The molecule has 18 heavy (non-hydrogen) atoms. The number of aromatic amines is 1. The zero-order valence-electron chi connectivity index (χ0n) is 9.42. The van der Waals surface area contributed by atoms with Crippen LogP contribution in [0, 0.1) is 17.2 Å². The molecule has 1 aliphatic rings. The minimum Gasteiger partial charge on any atom is -0.299 e. The first-order chi connectivity index (χ1) is 8.41. The lowest BCUT2D eigenvalue weighted by atomic mass is 10.1. The van der Waals surface area contributed by atoms with E-state index in [1.165, 1.54) is 10.8 Å². The van der Waals surface area contributed by atoms with Gasteiger partial charge in [0.2, 0.25) is 0 Å². The van der Waals surface area contributed by atoms with Crippen LogP contribution in [0.4, 0.5) is 0 Å². The SMILES string of the molecule is N#Cc1cn(C[C@@H]2CCS(=O)(=O)C2)c(=O)[nH]c1=O. The van der Waals surface area contributed by atoms with Crippen LogP contribution in [-0.4, -0.2) is 29.5 Å². The van der Waals surface area contributed by atoms with E-state index in [1.54, 1.807) is 6.07 Å². The Labute approximate surface area is 103 Å². The first kappa shape index (κ1) is 12.6. The quantitative estimate of drug-likeness (QED) is 0.727. The summed E-state index contributed by atoms with van der Waals surface area (Å²) >= 11 is 0. The van der Waals surface area contributed by atoms with Gasteiger partial charge in [0.05, 0.1) is 11.5 Å². The predicted octanol–water partition coefficient (Wildman–Crippen LogP) is -1.16. The molecule has 0 unspecified atom stereocenters. The predicted molar refractivity (Wildman–Crippen MR) is 62.8 cm³/mol. The number of aromatic nitrogens is 2. The molecule has 1 saturated heterocycles. The maximum Gasteiger partial charge on any atom is 0.328 e. The van der Waals surface area contributed by atoms with Gasteiger partial charge in [-0.3, -0.25) is 14.3 Å². The number of H-pyrrole nitrogens is 1. The Bertz CT molecular complexity index is 723. The highest BCUT2D eigenvalue weighted by Gasteiger charge is 2.28. The summed E-state index contributed by atoms with van der Waals surface area (Å²) in [6, 6.07) is 1.68. The molecule has 1 aliphatic heterocycles. The lowest BCUT2D eigenvalue weighted by molar-refractivity contribution is 0.473. The first-order valence-corrected chi connectivity index (χ1v) is 7.18. The van der Waals surface area contributed by atoms with Crippen LogP contribution in [0.3, 0.4) is 0 Å². The van der Waals surface area contributed by atoms with Crippen molar-refractivity contribution >= 4 is 9.84 Å². The average molecular weight is 269 g/mol. The summed E-state index contributed by atoms with van der Waals surface area (Å²) in [5, 5.41) is 8.70. The van der Waals surface area contributed by atoms with Gasteiger partial charge >= 0.3 is 5.69 Å². The van der Waals surface area contributed by atoms with Crippen LogP contribution in [0.5, 0.6) is 0 Å². The molecule has 1 aromatic rings. The second-order valence-corrected chi connectivity index (χ2v) is 6.56. The Morgan fingerprint density at radius 2 is 2.22 bits per heavy atom. The molecule has 0 radical (unpaired) electrons. The number of nitriles is 1. The van der Waals surface area contributed by atoms with Gasteiger partial charge in [-0.25, -0.2) is 13.2 Å². The molecular weight excluding hydrogens is 258 g/mol. The molecule has 0 bridgehead atoms. The zero-order chi connectivity index (χ0) is 13.3. The maximum atomic E-state index is 11.5. The van der Waals surface area contributed by atoms with Gasteiger partial charge in [0.1, 0.15) is 11.6 Å². The molecule has 0 aliphatic carbocycles. The number of sulfone groups is 1. The van der Waals surface area contributed by atoms with Gasteiger partial charge in [-0.2, -0.15) is 5.26 Å². The largest absolute Gasteiger partial charge is 0.328 e. The van der Waals surface area contributed by atoms with Gasteiger partial charge in [-0.05, 0) is 12.3 Å². The fourth-order valence-electron chi connectivity index (χ4n) is 2.02. The van der Waals surface area contributed by atoms with Crippen LogP contribution >= 0.6 is 0 Å². The van der Waals surface area contributed by atoms with Crippen molar-refractivity contribution < 1.29 is 8.42 Å². The second kappa shape index (κ2) is 4.42. The number of nitrogens with one attached hydrogen (secondary N) is 1. The molecule has 8 heteroatoms. The van der Waals surface area contributed by atoms with Crippen LogP contribution in [0.25, 0.3) is 0 Å². The fourth-order valence-corrected chi connectivity index (χ4v) is 3.87. The van der Waals surface area contributed by atoms with E-state index in [2.05, 4.69) is 0 Å². The van der Waals surface area contributed by atoms with Gasteiger partial charge < -0.3 is 0 Å². The number of hydrogen-bond acceptors (Lipinski definition) is 5. The summed E-state index contributed by atoms with van der Waals surface area (Å²) in [6.45, 7) is 0.198. The van der Waals surface area contributed by atoms with Crippen LogP contribution in [0.1, 0.15) is 12.0 Å². The van der Waals surface area contributed by atoms with Gasteiger partial charge in [0.15, 0.2) is 9.84 Å². The molecular formula is C10H11N3O4S. The summed E-state index contributed by atoms with van der Waals surface area (Å²) in [6.07, 6.45) is 1.67.